The number of nitrogens with zero attached hydrogens (tertiary/aromatic N) is 2. The van der Waals surface area contributed by atoms with E-state index in [0.717, 1.165) is 38.8 Å². The van der Waals surface area contributed by atoms with Crippen LogP contribution >= 0.6 is 0 Å². The van der Waals surface area contributed by atoms with Crippen LogP contribution in [-0.4, -0.2) is 31.4 Å². The van der Waals surface area contributed by atoms with Gasteiger partial charge in [-0.25, -0.2) is 0 Å². The van der Waals surface area contributed by atoms with E-state index in [1.807, 2.05) is 7.05 Å². The molecule has 0 N–H and O–H groups in total. The predicted octanol–water partition coefficient (Wildman–Crippen LogP) is 3.40. The first-order valence-corrected chi connectivity index (χ1v) is 7.88. The Kier molecular flexibility index (Phi) is 4.42. The first-order chi connectivity index (χ1) is 10.8. The minimum Gasteiger partial charge on any atom is -0.348 e. The zero-order valence-electron chi connectivity index (χ0n) is 13.0. The molecule has 0 saturated heterocycles. The highest BCUT2D eigenvalue weighted by molar-refractivity contribution is 5.71. The maximum Gasteiger partial charge on any atom is 0.209 e. The molecule has 0 radical (unpaired) electrons. The van der Waals surface area contributed by atoms with E-state index < -0.39 is 0 Å². The van der Waals surface area contributed by atoms with Crippen LogP contribution in [0.15, 0.2) is 48.5 Å². The third-order valence-electron chi connectivity index (χ3n) is 4.30. The molecule has 0 bridgehead atoms. The molecule has 0 aliphatic carbocycles. The second-order valence-corrected chi connectivity index (χ2v) is 5.85. The Morgan fingerprint density at radius 1 is 1.00 bits per heavy atom. The Bertz CT molecular complexity index is 606. The van der Waals surface area contributed by atoms with E-state index in [1.54, 1.807) is 4.90 Å². The largest absolute Gasteiger partial charge is 0.348 e. The molecular formula is C19H22N2O. The van der Waals surface area contributed by atoms with Crippen molar-refractivity contribution < 1.29 is 4.79 Å². The molecule has 22 heavy (non-hydrogen) atoms. The summed E-state index contributed by atoms with van der Waals surface area (Å²) in [7, 11) is 1.83. The van der Waals surface area contributed by atoms with Crippen LogP contribution in [0, 0.1) is 0 Å². The third-order valence-corrected chi connectivity index (χ3v) is 4.30. The average Bonchev–Trinajstić information content (AvgIpc) is 2.72. The maximum atomic E-state index is 10.8. The molecule has 0 atom stereocenters. The summed E-state index contributed by atoms with van der Waals surface area (Å²) in [6.07, 6.45) is 4.01. The van der Waals surface area contributed by atoms with Crippen LogP contribution in [0.2, 0.25) is 0 Å². The summed E-state index contributed by atoms with van der Waals surface area (Å²) in [4.78, 5) is 14.9. The monoisotopic (exact) mass is 294 g/mol. The molecule has 1 heterocycles. The van der Waals surface area contributed by atoms with Gasteiger partial charge < -0.3 is 9.80 Å². The lowest BCUT2D eigenvalue weighted by molar-refractivity contribution is -0.117. The first-order valence-electron chi connectivity index (χ1n) is 7.88. The molecule has 1 aliphatic heterocycles. The SMILES string of the molecule is CN(C=O)CCCN1c2ccccc2CCc2ccccc21. The quantitative estimate of drug-likeness (QED) is 0.789. The summed E-state index contributed by atoms with van der Waals surface area (Å²) in [5, 5.41) is 0. The van der Waals surface area contributed by atoms with Gasteiger partial charge in [-0.2, -0.15) is 0 Å². The lowest BCUT2D eigenvalue weighted by Gasteiger charge is -2.27. The summed E-state index contributed by atoms with van der Waals surface area (Å²) in [5.74, 6) is 0. The van der Waals surface area contributed by atoms with E-state index in [4.69, 9.17) is 0 Å². The number of amides is 1. The van der Waals surface area contributed by atoms with Crippen LogP contribution in [0.4, 0.5) is 11.4 Å². The van der Waals surface area contributed by atoms with Crippen molar-refractivity contribution in [2.45, 2.75) is 19.3 Å². The number of hydrogen-bond donors (Lipinski definition) is 0. The van der Waals surface area contributed by atoms with Gasteiger partial charge in [0.2, 0.25) is 6.41 Å². The second kappa shape index (κ2) is 6.65. The highest BCUT2D eigenvalue weighted by Crippen LogP contribution is 2.35. The summed E-state index contributed by atoms with van der Waals surface area (Å²) in [6.45, 7) is 1.70. The van der Waals surface area contributed by atoms with Crippen molar-refractivity contribution in [1.29, 1.82) is 0 Å². The van der Waals surface area contributed by atoms with E-state index in [1.165, 1.54) is 22.5 Å². The molecule has 0 fully saturated rings. The number of hydrogen-bond acceptors (Lipinski definition) is 2. The smallest absolute Gasteiger partial charge is 0.209 e. The maximum absolute atomic E-state index is 10.8. The summed E-state index contributed by atoms with van der Waals surface area (Å²) < 4.78 is 0. The van der Waals surface area contributed by atoms with Gasteiger partial charge in [-0.1, -0.05) is 36.4 Å². The molecule has 3 nitrogen and oxygen atoms in total. The molecule has 3 heteroatoms. The number of carbonyl (C=O) groups is 1. The van der Waals surface area contributed by atoms with Gasteiger partial charge >= 0.3 is 0 Å². The minimum absolute atomic E-state index is 0.782. The minimum atomic E-state index is 0.782. The van der Waals surface area contributed by atoms with Crippen molar-refractivity contribution in [3.8, 4) is 0 Å². The van der Waals surface area contributed by atoms with Crippen molar-refractivity contribution >= 4 is 17.8 Å². The molecule has 1 aliphatic rings. The molecule has 0 unspecified atom stereocenters. The van der Waals surface area contributed by atoms with Gasteiger partial charge in [0.05, 0.1) is 0 Å². The van der Waals surface area contributed by atoms with Crippen LogP contribution in [0.25, 0.3) is 0 Å². The van der Waals surface area contributed by atoms with Gasteiger partial charge in [-0.05, 0) is 42.5 Å². The van der Waals surface area contributed by atoms with Crippen molar-refractivity contribution in [2.75, 3.05) is 25.0 Å². The Balaban J connectivity index is 1.90. The molecule has 114 valence electrons. The average molecular weight is 294 g/mol. The highest BCUT2D eigenvalue weighted by atomic mass is 16.1. The van der Waals surface area contributed by atoms with Crippen molar-refractivity contribution in [2.24, 2.45) is 0 Å². The van der Waals surface area contributed by atoms with E-state index in [-0.39, 0.29) is 0 Å². The number of fused-ring (bicyclic) bond motifs is 2. The van der Waals surface area contributed by atoms with Crippen LogP contribution < -0.4 is 4.90 Å². The van der Waals surface area contributed by atoms with E-state index in [0.29, 0.717) is 0 Å². The van der Waals surface area contributed by atoms with Gasteiger partial charge in [0.25, 0.3) is 0 Å². The van der Waals surface area contributed by atoms with Gasteiger partial charge in [-0.3, -0.25) is 4.79 Å². The fourth-order valence-electron chi connectivity index (χ4n) is 3.14. The highest BCUT2D eigenvalue weighted by Gasteiger charge is 2.19. The molecular weight excluding hydrogens is 272 g/mol. The van der Waals surface area contributed by atoms with Crippen LogP contribution in [0.5, 0.6) is 0 Å². The molecule has 2 aromatic rings. The molecule has 0 saturated carbocycles. The Hall–Kier alpha value is -2.29. The first kappa shape index (κ1) is 14.6. The van der Waals surface area contributed by atoms with E-state index in [9.17, 15) is 4.79 Å². The summed E-state index contributed by atoms with van der Waals surface area (Å²) in [6, 6.07) is 17.3. The van der Waals surface area contributed by atoms with Gasteiger partial charge in [-0.15, -0.1) is 0 Å². The van der Waals surface area contributed by atoms with E-state index in [2.05, 4.69) is 53.4 Å². The lowest BCUT2D eigenvalue weighted by atomic mass is 10.0. The molecule has 0 aromatic heterocycles. The fourth-order valence-corrected chi connectivity index (χ4v) is 3.14. The standard InChI is InChI=1S/C19H22N2O/c1-20(15-22)13-6-14-21-18-9-4-2-7-16(18)11-12-17-8-3-5-10-19(17)21/h2-5,7-10,15H,6,11-14H2,1H3. The summed E-state index contributed by atoms with van der Waals surface area (Å²) in [5.41, 5.74) is 5.42. The van der Waals surface area contributed by atoms with Crippen molar-refractivity contribution in [3.05, 3.63) is 59.7 Å². The number of anilines is 2. The Morgan fingerprint density at radius 2 is 1.55 bits per heavy atom. The second-order valence-electron chi connectivity index (χ2n) is 5.85. The summed E-state index contributed by atoms with van der Waals surface area (Å²) >= 11 is 0. The predicted molar refractivity (Wildman–Crippen MR) is 90.6 cm³/mol. The number of carbonyl (C=O) groups excluding carboxylic acids is 1. The van der Waals surface area contributed by atoms with Gasteiger partial charge in [0.15, 0.2) is 0 Å². The van der Waals surface area contributed by atoms with Crippen LogP contribution in [0.1, 0.15) is 17.5 Å². The number of para-hydroxylation sites is 2. The normalized spacial score (nSPS) is 13.0. The van der Waals surface area contributed by atoms with Crippen molar-refractivity contribution in [1.82, 2.24) is 4.90 Å². The zero-order chi connectivity index (χ0) is 15.4. The van der Waals surface area contributed by atoms with E-state index >= 15 is 0 Å². The lowest BCUT2D eigenvalue weighted by Crippen LogP contribution is -2.25. The van der Waals surface area contributed by atoms with Gasteiger partial charge in [0, 0.05) is 31.5 Å². The third kappa shape index (κ3) is 2.98. The molecule has 3 rings (SSSR count). The van der Waals surface area contributed by atoms with Gasteiger partial charge in [0.1, 0.15) is 0 Å². The van der Waals surface area contributed by atoms with Crippen LogP contribution in [0.3, 0.4) is 0 Å². The number of benzene rings is 2. The van der Waals surface area contributed by atoms with Crippen LogP contribution in [-0.2, 0) is 17.6 Å². The molecule has 1 amide bonds. The zero-order valence-corrected chi connectivity index (χ0v) is 13.0. The fraction of sp³-hybridized carbons (Fsp3) is 0.316. The number of aryl methyl sites for hydroxylation is 2. The Morgan fingerprint density at radius 3 is 2.09 bits per heavy atom. The molecule has 2 aromatic carbocycles. The number of rotatable bonds is 5. The topological polar surface area (TPSA) is 23.6 Å². The van der Waals surface area contributed by atoms with Crippen molar-refractivity contribution in [3.63, 3.8) is 0 Å². The molecule has 0 spiro atoms. The Labute approximate surface area is 132 Å².